The lowest BCUT2D eigenvalue weighted by molar-refractivity contribution is 0.0692. The number of aromatic nitrogens is 2. The summed E-state index contributed by atoms with van der Waals surface area (Å²) in [5, 5.41) is 15.2. The van der Waals surface area contributed by atoms with Gasteiger partial charge in [0.15, 0.2) is 0 Å². The van der Waals surface area contributed by atoms with E-state index in [1.165, 1.54) is 10.7 Å². The van der Waals surface area contributed by atoms with E-state index >= 15 is 0 Å². The van der Waals surface area contributed by atoms with Crippen LogP contribution in [-0.2, 0) is 7.05 Å². The quantitative estimate of drug-likeness (QED) is 0.896. The van der Waals surface area contributed by atoms with Gasteiger partial charge in [-0.15, -0.1) is 0 Å². The van der Waals surface area contributed by atoms with Crippen molar-refractivity contribution in [2.24, 2.45) is 7.05 Å². The molecule has 7 heteroatoms. The molecule has 0 spiro atoms. The molecule has 0 radical (unpaired) electrons. The number of nitrogens with one attached hydrogen (secondary N) is 1. The highest BCUT2D eigenvalue weighted by Gasteiger charge is 2.15. The predicted octanol–water partition coefficient (Wildman–Crippen LogP) is 1.82. The van der Waals surface area contributed by atoms with E-state index in [1.54, 1.807) is 20.2 Å². The predicted molar refractivity (Wildman–Crippen MR) is 69.3 cm³/mol. The molecular weight excluding hydrogens is 265 g/mol. The SMILES string of the molecule is Cc1nn(C)cc1C(=O)Nc1ccc(C(=O)O)c(F)c1. The monoisotopic (exact) mass is 277 g/mol. The molecule has 0 saturated heterocycles. The molecule has 0 fully saturated rings. The van der Waals surface area contributed by atoms with Gasteiger partial charge in [-0.05, 0) is 25.1 Å². The minimum absolute atomic E-state index is 0.181. The molecule has 104 valence electrons. The first-order valence-corrected chi connectivity index (χ1v) is 5.73. The Morgan fingerprint density at radius 1 is 1.35 bits per heavy atom. The first kappa shape index (κ1) is 13.7. The molecule has 0 unspecified atom stereocenters. The van der Waals surface area contributed by atoms with E-state index < -0.39 is 23.3 Å². The number of carboxylic acids is 1. The standard InChI is InChI=1S/C13H12FN3O3/c1-7-10(6-17(2)16-7)12(18)15-8-3-4-9(13(19)20)11(14)5-8/h3-6H,1-2H3,(H,15,18)(H,19,20). The molecule has 2 rings (SSSR count). The summed E-state index contributed by atoms with van der Waals surface area (Å²) in [6.07, 6.45) is 1.55. The Bertz CT molecular complexity index is 694. The van der Waals surface area contributed by atoms with Crippen molar-refractivity contribution in [1.82, 2.24) is 9.78 Å². The average molecular weight is 277 g/mol. The van der Waals surface area contributed by atoms with Gasteiger partial charge >= 0.3 is 5.97 Å². The molecule has 0 aliphatic carbocycles. The third-order valence-corrected chi connectivity index (χ3v) is 2.72. The van der Waals surface area contributed by atoms with Crippen LogP contribution in [0.3, 0.4) is 0 Å². The highest BCUT2D eigenvalue weighted by atomic mass is 19.1. The van der Waals surface area contributed by atoms with Crippen LogP contribution < -0.4 is 5.32 Å². The Balaban J connectivity index is 2.22. The number of amides is 1. The second-order valence-electron chi connectivity index (χ2n) is 4.26. The number of hydrogen-bond donors (Lipinski definition) is 2. The van der Waals surface area contributed by atoms with Crippen LogP contribution in [0.5, 0.6) is 0 Å². The number of benzene rings is 1. The lowest BCUT2D eigenvalue weighted by atomic mass is 10.2. The number of carboxylic acid groups (broad SMARTS) is 1. The first-order valence-electron chi connectivity index (χ1n) is 5.73. The van der Waals surface area contributed by atoms with Crippen LogP contribution in [0, 0.1) is 12.7 Å². The number of anilines is 1. The van der Waals surface area contributed by atoms with Crippen molar-refractivity contribution < 1.29 is 19.1 Å². The number of halogens is 1. The molecule has 0 atom stereocenters. The summed E-state index contributed by atoms with van der Waals surface area (Å²) in [7, 11) is 1.69. The maximum absolute atomic E-state index is 13.5. The van der Waals surface area contributed by atoms with Crippen LogP contribution in [0.15, 0.2) is 24.4 Å². The van der Waals surface area contributed by atoms with Gasteiger partial charge in [0.05, 0.1) is 16.8 Å². The zero-order valence-corrected chi connectivity index (χ0v) is 10.8. The number of carbonyl (C=O) groups excluding carboxylic acids is 1. The third kappa shape index (κ3) is 2.66. The fourth-order valence-electron chi connectivity index (χ4n) is 1.79. The van der Waals surface area contributed by atoms with E-state index in [9.17, 15) is 14.0 Å². The lowest BCUT2D eigenvalue weighted by Crippen LogP contribution is -2.13. The van der Waals surface area contributed by atoms with Gasteiger partial charge in [-0.2, -0.15) is 5.10 Å². The van der Waals surface area contributed by atoms with Crippen LogP contribution in [0.25, 0.3) is 0 Å². The van der Waals surface area contributed by atoms with Crippen molar-refractivity contribution >= 4 is 17.6 Å². The van der Waals surface area contributed by atoms with Crippen LogP contribution in [0.4, 0.5) is 10.1 Å². The van der Waals surface area contributed by atoms with E-state index in [0.717, 1.165) is 12.1 Å². The summed E-state index contributed by atoms with van der Waals surface area (Å²) < 4.78 is 15.0. The Labute approximate surface area is 113 Å². The van der Waals surface area contributed by atoms with Gasteiger partial charge in [-0.1, -0.05) is 0 Å². The normalized spacial score (nSPS) is 10.3. The Hall–Kier alpha value is -2.70. The average Bonchev–Trinajstić information content (AvgIpc) is 2.68. The fourth-order valence-corrected chi connectivity index (χ4v) is 1.79. The van der Waals surface area contributed by atoms with Crippen molar-refractivity contribution in [3.8, 4) is 0 Å². The summed E-state index contributed by atoms with van der Waals surface area (Å²) in [4.78, 5) is 22.7. The minimum atomic E-state index is -1.36. The molecular formula is C13H12FN3O3. The minimum Gasteiger partial charge on any atom is -0.478 e. The number of rotatable bonds is 3. The van der Waals surface area contributed by atoms with Gasteiger partial charge in [0, 0.05) is 18.9 Å². The van der Waals surface area contributed by atoms with Gasteiger partial charge in [-0.25, -0.2) is 9.18 Å². The number of hydrogen-bond acceptors (Lipinski definition) is 3. The number of carbonyl (C=O) groups is 2. The van der Waals surface area contributed by atoms with E-state index in [2.05, 4.69) is 10.4 Å². The van der Waals surface area contributed by atoms with E-state index in [4.69, 9.17) is 5.11 Å². The van der Waals surface area contributed by atoms with E-state index in [0.29, 0.717) is 11.3 Å². The molecule has 2 N–H and O–H groups in total. The van der Waals surface area contributed by atoms with Crippen molar-refractivity contribution in [2.45, 2.75) is 6.92 Å². The Kier molecular flexibility index (Phi) is 3.51. The van der Waals surface area contributed by atoms with E-state index in [1.807, 2.05) is 0 Å². The summed E-state index contributed by atoms with van der Waals surface area (Å²) >= 11 is 0. The highest BCUT2D eigenvalue weighted by Crippen LogP contribution is 2.16. The lowest BCUT2D eigenvalue weighted by Gasteiger charge is -2.05. The zero-order chi connectivity index (χ0) is 14.9. The summed E-state index contributed by atoms with van der Waals surface area (Å²) in [5.41, 5.74) is 0.657. The second kappa shape index (κ2) is 5.12. The highest BCUT2D eigenvalue weighted by molar-refractivity contribution is 6.05. The van der Waals surface area contributed by atoms with Crippen LogP contribution in [-0.4, -0.2) is 26.8 Å². The van der Waals surface area contributed by atoms with Gasteiger partial charge < -0.3 is 10.4 Å². The summed E-state index contributed by atoms with van der Waals surface area (Å²) in [5.74, 6) is -2.69. The topological polar surface area (TPSA) is 84.2 Å². The Morgan fingerprint density at radius 2 is 2.05 bits per heavy atom. The maximum Gasteiger partial charge on any atom is 0.338 e. The van der Waals surface area contributed by atoms with Crippen molar-refractivity contribution in [1.29, 1.82) is 0 Å². The first-order chi connectivity index (χ1) is 9.38. The molecule has 1 amide bonds. The summed E-state index contributed by atoms with van der Waals surface area (Å²) in [6.45, 7) is 1.68. The zero-order valence-electron chi connectivity index (χ0n) is 10.8. The molecule has 1 aromatic heterocycles. The number of nitrogens with zero attached hydrogens (tertiary/aromatic N) is 2. The molecule has 1 heterocycles. The second-order valence-corrected chi connectivity index (χ2v) is 4.26. The van der Waals surface area contributed by atoms with E-state index in [-0.39, 0.29) is 5.69 Å². The smallest absolute Gasteiger partial charge is 0.338 e. The maximum atomic E-state index is 13.5. The molecule has 20 heavy (non-hydrogen) atoms. The third-order valence-electron chi connectivity index (χ3n) is 2.72. The molecule has 0 aliphatic rings. The molecule has 0 saturated carbocycles. The largest absolute Gasteiger partial charge is 0.478 e. The molecule has 0 aliphatic heterocycles. The van der Waals surface area contributed by atoms with Crippen molar-refractivity contribution in [2.75, 3.05) is 5.32 Å². The fraction of sp³-hybridized carbons (Fsp3) is 0.154. The summed E-state index contributed by atoms with van der Waals surface area (Å²) in [6, 6.07) is 3.40. The Morgan fingerprint density at radius 3 is 2.55 bits per heavy atom. The molecule has 1 aromatic carbocycles. The van der Waals surface area contributed by atoms with Crippen LogP contribution in [0.2, 0.25) is 0 Å². The van der Waals surface area contributed by atoms with Crippen LogP contribution in [0.1, 0.15) is 26.4 Å². The van der Waals surface area contributed by atoms with Crippen molar-refractivity contribution in [3.63, 3.8) is 0 Å². The van der Waals surface area contributed by atoms with Crippen molar-refractivity contribution in [3.05, 3.63) is 47.0 Å². The van der Waals surface area contributed by atoms with Gasteiger partial charge in [-0.3, -0.25) is 9.48 Å². The van der Waals surface area contributed by atoms with Gasteiger partial charge in [0.2, 0.25) is 0 Å². The van der Waals surface area contributed by atoms with Gasteiger partial charge in [0.1, 0.15) is 5.82 Å². The molecule has 6 nitrogen and oxygen atoms in total. The van der Waals surface area contributed by atoms with Gasteiger partial charge in [0.25, 0.3) is 5.91 Å². The number of aryl methyl sites for hydroxylation is 2. The molecule has 0 bridgehead atoms. The number of aromatic carboxylic acids is 1. The molecule has 2 aromatic rings. The van der Waals surface area contributed by atoms with Crippen LogP contribution >= 0.6 is 0 Å².